The fourth-order valence-corrected chi connectivity index (χ4v) is 1.74. The summed E-state index contributed by atoms with van der Waals surface area (Å²) < 4.78 is 10.2. The molecule has 1 aliphatic heterocycles. The van der Waals surface area contributed by atoms with E-state index in [9.17, 15) is 4.79 Å². The van der Waals surface area contributed by atoms with E-state index in [4.69, 9.17) is 9.47 Å². The zero-order valence-electron chi connectivity index (χ0n) is 9.18. The van der Waals surface area contributed by atoms with Crippen LogP contribution in [0.25, 0.3) is 0 Å². The number of hydrogen-bond donors (Lipinski definition) is 0. The first kappa shape index (κ1) is 11.0. The standard InChI is InChI=1S/C11H14N2O3/c1-15-10-5-9(12-7-13-10)11(14)8-3-2-4-16-6-8/h5,7-8H,2-4,6H2,1H3. The molecule has 16 heavy (non-hydrogen) atoms. The van der Waals surface area contributed by atoms with Gasteiger partial charge in [-0.25, -0.2) is 9.97 Å². The molecule has 1 saturated heterocycles. The lowest BCUT2D eigenvalue weighted by Crippen LogP contribution is -2.26. The van der Waals surface area contributed by atoms with Crippen LogP contribution in [0, 0.1) is 5.92 Å². The number of methoxy groups -OCH3 is 1. The molecule has 2 rings (SSSR count). The van der Waals surface area contributed by atoms with Gasteiger partial charge in [0.05, 0.1) is 13.7 Å². The Morgan fingerprint density at radius 1 is 1.56 bits per heavy atom. The highest BCUT2D eigenvalue weighted by Gasteiger charge is 2.24. The Hall–Kier alpha value is -1.49. The van der Waals surface area contributed by atoms with E-state index in [-0.39, 0.29) is 11.7 Å². The summed E-state index contributed by atoms with van der Waals surface area (Å²) in [5.74, 6) is 0.351. The minimum absolute atomic E-state index is 0.0143. The van der Waals surface area contributed by atoms with Gasteiger partial charge in [-0.05, 0) is 12.8 Å². The van der Waals surface area contributed by atoms with Gasteiger partial charge in [0.2, 0.25) is 5.88 Å². The first-order chi connectivity index (χ1) is 7.81. The van der Waals surface area contributed by atoms with Crippen molar-refractivity contribution >= 4 is 5.78 Å². The lowest BCUT2D eigenvalue weighted by atomic mass is 9.95. The number of carbonyl (C=O) groups excluding carboxylic acids is 1. The third-order valence-electron chi connectivity index (χ3n) is 2.63. The molecular weight excluding hydrogens is 208 g/mol. The van der Waals surface area contributed by atoms with Gasteiger partial charge >= 0.3 is 0 Å². The molecule has 0 aliphatic carbocycles. The minimum Gasteiger partial charge on any atom is -0.481 e. The molecule has 0 N–H and O–H groups in total. The van der Waals surface area contributed by atoms with Gasteiger partial charge < -0.3 is 9.47 Å². The second kappa shape index (κ2) is 5.03. The summed E-state index contributed by atoms with van der Waals surface area (Å²) in [4.78, 5) is 19.9. The van der Waals surface area contributed by atoms with Crippen LogP contribution in [-0.2, 0) is 4.74 Å². The van der Waals surface area contributed by atoms with E-state index < -0.39 is 0 Å². The Kier molecular flexibility index (Phi) is 3.46. The van der Waals surface area contributed by atoms with Crippen LogP contribution in [0.2, 0.25) is 0 Å². The van der Waals surface area contributed by atoms with Crippen molar-refractivity contribution < 1.29 is 14.3 Å². The van der Waals surface area contributed by atoms with E-state index in [0.29, 0.717) is 18.2 Å². The normalized spacial score (nSPS) is 20.4. The molecule has 0 bridgehead atoms. The maximum absolute atomic E-state index is 12.0. The zero-order chi connectivity index (χ0) is 11.4. The zero-order valence-corrected chi connectivity index (χ0v) is 9.18. The molecule has 0 amide bonds. The van der Waals surface area contributed by atoms with Crippen molar-refractivity contribution in [3.63, 3.8) is 0 Å². The maximum Gasteiger partial charge on any atom is 0.216 e. The molecule has 0 aromatic carbocycles. The summed E-state index contributed by atoms with van der Waals surface area (Å²) in [5.41, 5.74) is 0.405. The molecular formula is C11H14N2O3. The van der Waals surface area contributed by atoms with Crippen molar-refractivity contribution in [1.29, 1.82) is 0 Å². The number of rotatable bonds is 3. The number of Topliss-reactive ketones (excluding diaryl/α,β-unsaturated/α-hetero) is 1. The van der Waals surface area contributed by atoms with Gasteiger partial charge in [0.15, 0.2) is 5.78 Å². The number of carbonyl (C=O) groups is 1. The molecule has 0 saturated carbocycles. The minimum atomic E-state index is -0.0756. The van der Waals surface area contributed by atoms with E-state index in [1.165, 1.54) is 13.4 Å². The lowest BCUT2D eigenvalue weighted by molar-refractivity contribution is 0.0457. The molecule has 1 aromatic heterocycles. The van der Waals surface area contributed by atoms with Gasteiger partial charge in [0.1, 0.15) is 12.0 Å². The summed E-state index contributed by atoms with van der Waals surface area (Å²) >= 11 is 0. The molecule has 1 aromatic rings. The van der Waals surface area contributed by atoms with Crippen molar-refractivity contribution in [3.05, 3.63) is 18.1 Å². The van der Waals surface area contributed by atoms with Crippen molar-refractivity contribution in [2.45, 2.75) is 12.8 Å². The van der Waals surface area contributed by atoms with E-state index in [1.807, 2.05) is 0 Å². The van der Waals surface area contributed by atoms with Crippen LogP contribution >= 0.6 is 0 Å². The smallest absolute Gasteiger partial charge is 0.216 e. The summed E-state index contributed by atoms with van der Waals surface area (Å²) in [5, 5.41) is 0. The van der Waals surface area contributed by atoms with Gasteiger partial charge in [-0.15, -0.1) is 0 Å². The second-order valence-electron chi connectivity index (χ2n) is 3.72. The Morgan fingerprint density at radius 2 is 2.44 bits per heavy atom. The topological polar surface area (TPSA) is 61.3 Å². The van der Waals surface area contributed by atoms with E-state index in [1.54, 1.807) is 6.07 Å². The van der Waals surface area contributed by atoms with E-state index in [2.05, 4.69) is 9.97 Å². The SMILES string of the molecule is COc1cc(C(=O)C2CCCOC2)ncn1. The van der Waals surface area contributed by atoms with E-state index >= 15 is 0 Å². The van der Waals surface area contributed by atoms with Crippen molar-refractivity contribution in [3.8, 4) is 5.88 Å². The van der Waals surface area contributed by atoms with Gasteiger partial charge in [-0.2, -0.15) is 0 Å². The van der Waals surface area contributed by atoms with Crippen LogP contribution < -0.4 is 4.74 Å². The molecule has 5 nitrogen and oxygen atoms in total. The van der Waals surface area contributed by atoms with Crippen LogP contribution in [-0.4, -0.2) is 36.1 Å². The largest absolute Gasteiger partial charge is 0.481 e. The second-order valence-corrected chi connectivity index (χ2v) is 3.72. The van der Waals surface area contributed by atoms with E-state index in [0.717, 1.165) is 19.4 Å². The van der Waals surface area contributed by atoms with Gasteiger partial charge in [0, 0.05) is 18.6 Å². The lowest BCUT2D eigenvalue weighted by Gasteiger charge is -2.20. The summed E-state index contributed by atoms with van der Waals surface area (Å²) in [7, 11) is 1.51. The third-order valence-corrected chi connectivity index (χ3v) is 2.63. The molecule has 5 heteroatoms. The average Bonchev–Trinajstić information content (AvgIpc) is 2.39. The summed E-state index contributed by atoms with van der Waals surface area (Å²) in [6, 6.07) is 1.57. The van der Waals surface area contributed by atoms with Gasteiger partial charge in [-0.1, -0.05) is 0 Å². The molecule has 86 valence electrons. The fraction of sp³-hybridized carbons (Fsp3) is 0.545. The third kappa shape index (κ3) is 2.36. The highest BCUT2D eigenvalue weighted by molar-refractivity contribution is 5.96. The molecule has 1 unspecified atom stereocenters. The maximum atomic E-state index is 12.0. The Bertz CT molecular complexity index is 375. The van der Waals surface area contributed by atoms with Gasteiger partial charge in [-0.3, -0.25) is 4.79 Å². The Labute approximate surface area is 93.8 Å². The number of aromatic nitrogens is 2. The number of hydrogen-bond acceptors (Lipinski definition) is 5. The molecule has 0 spiro atoms. The first-order valence-corrected chi connectivity index (χ1v) is 5.29. The molecule has 2 heterocycles. The monoisotopic (exact) mass is 222 g/mol. The Balaban J connectivity index is 2.12. The highest BCUT2D eigenvalue weighted by atomic mass is 16.5. The molecule has 0 radical (unpaired) electrons. The predicted octanol–water partition coefficient (Wildman–Crippen LogP) is 1.09. The van der Waals surface area contributed by atoms with Crippen LogP contribution in [0.5, 0.6) is 5.88 Å². The van der Waals surface area contributed by atoms with Crippen LogP contribution in [0.15, 0.2) is 12.4 Å². The predicted molar refractivity (Wildman–Crippen MR) is 56.5 cm³/mol. The molecule has 1 aliphatic rings. The van der Waals surface area contributed by atoms with Crippen molar-refractivity contribution in [2.75, 3.05) is 20.3 Å². The van der Waals surface area contributed by atoms with Crippen LogP contribution in [0.3, 0.4) is 0 Å². The Morgan fingerprint density at radius 3 is 3.12 bits per heavy atom. The average molecular weight is 222 g/mol. The number of ether oxygens (including phenoxy) is 2. The quantitative estimate of drug-likeness (QED) is 0.716. The van der Waals surface area contributed by atoms with Crippen LogP contribution in [0.4, 0.5) is 0 Å². The highest BCUT2D eigenvalue weighted by Crippen LogP contribution is 2.19. The van der Waals surface area contributed by atoms with Crippen molar-refractivity contribution in [2.24, 2.45) is 5.92 Å². The summed E-state index contributed by atoms with van der Waals surface area (Å²) in [6.07, 6.45) is 3.14. The van der Waals surface area contributed by atoms with Crippen molar-refractivity contribution in [1.82, 2.24) is 9.97 Å². The molecule has 1 fully saturated rings. The number of nitrogens with zero attached hydrogens (tertiary/aromatic N) is 2. The molecule has 1 atom stereocenters. The fourth-order valence-electron chi connectivity index (χ4n) is 1.74. The number of ketones is 1. The van der Waals surface area contributed by atoms with Crippen LogP contribution in [0.1, 0.15) is 23.3 Å². The van der Waals surface area contributed by atoms with Gasteiger partial charge in [0.25, 0.3) is 0 Å². The first-order valence-electron chi connectivity index (χ1n) is 5.29. The summed E-state index contributed by atoms with van der Waals surface area (Å²) in [6.45, 7) is 1.24.